The second-order valence-corrected chi connectivity index (χ2v) is 8.91. The minimum Gasteiger partial charge on any atom is -0.508 e. The van der Waals surface area contributed by atoms with Crippen molar-refractivity contribution in [2.75, 3.05) is 10.8 Å². The quantitative estimate of drug-likeness (QED) is 0.288. The third-order valence-corrected chi connectivity index (χ3v) is 6.49. The highest BCUT2D eigenvalue weighted by molar-refractivity contribution is 7.92. The van der Waals surface area contributed by atoms with Crippen LogP contribution in [0.5, 0.6) is 11.5 Å². The Hall–Kier alpha value is -3.85. The summed E-state index contributed by atoms with van der Waals surface area (Å²) < 4.78 is 27.7. The molecule has 32 heavy (non-hydrogen) atoms. The van der Waals surface area contributed by atoms with Crippen LogP contribution < -0.4 is 9.73 Å². The van der Waals surface area contributed by atoms with E-state index in [1.165, 1.54) is 37.3 Å². The largest absolute Gasteiger partial charge is 0.508 e. The van der Waals surface area contributed by atoms with Crippen molar-refractivity contribution in [3.8, 4) is 11.5 Å². The second kappa shape index (κ2) is 9.52. The normalized spacial score (nSPS) is 11.8. The summed E-state index contributed by atoms with van der Waals surface area (Å²) in [6.45, 7) is 2.78. The van der Waals surface area contributed by atoms with Gasteiger partial charge in [-0.05, 0) is 55.8 Å². The third-order valence-electron chi connectivity index (χ3n) is 4.72. The molecule has 0 spiro atoms. The average molecular weight is 454 g/mol. The van der Waals surface area contributed by atoms with Crippen LogP contribution in [-0.2, 0) is 14.8 Å². The first kappa shape index (κ1) is 22.8. The van der Waals surface area contributed by atoms with Crippen LogP contribution in [0.3, 0.4) is 0 Å². The minimum absolute atomic E-state index is 0.0559. The van der Waals surface area contributed by atoms with E-state index in [0.717, 1.165) is 4.31 Å². The molecule has 0 unspecified atom stereocenters. The molecule has 0 radical (unpaired) electrons. The lowest BCUT2D eigenvalue weighted by atomic mass is 10.1. The summed E-state index contributed by atoms with van der Waals surface area (Å²) in [5, 5.41) is 23.5. The fourth-order valence-corrected chi connectivity index (χ4v) is 4.56. The first-order valence-electron chi connectivity index (χ1n) is 9.69. The zero-order valence-electron chi connectivity index (χ0n) is 17.6. The number of hydrogen-bond acceptors (Lipinski definition) is 6. The van der Waals surface area contributed by atoms with Crippen molar-refractivity contribution in [1.82, 2.24) is 5.43 Å². The van der Waals surface area contributed by atoms with Crippen molar-refractivity contribution >= 4 is 27.3 Å². The molecule has 0 aliphatic carbocycles. The number of para-hydroxylation sites is 1. The number of aromatic hydroxyl groups is 2. The van der Waals surface area contributed by atoms with E-state index in [1.54, 1.807) is 49.4 Å². The maximum atomic E-state index is 13.3. The first-order valence-corrected chi connectivity index (χ1v) is 11.1. The summed E-state index contributed by atoms with van der Waals surface area (Å²) >= 11 is 0. The molecule has 3 rings (SSSR count). The standard InChI is InChI=1S/C23H23N3O5S/c1-16-8-6-7-11-21(16)26(32(30,31)19-9-4-3-5-10-19)15-23(29)25-24-17(2)20-14-18(27)12-13-22(20)28/h3-14,27-28H,15H2,1-2H3,(H,25,29)/b24-17+. The van der Waals surface area contributed by atoms with Gasteiger partial charge in [-0.25, -0.2) is 13.8 Å². The summed E-state index contributed by atoms with van der Waals surface area (Å²) in [7, 11) is -4.02. The Morgan fingerprint density at radius 2 is 1.66 bits per heavy atom. The summed E-state index contributed by atoms with van der Waals surface area (Å²) in [5.41, 5.74) is 3.85. The van der Waals surface area contributed by atoms with Crippen molar-refractivity contribution in [1.29, 1.82) is 0 Å². The molecule has 0 saturated carbocycles. The molecule has 0 fully saturated rings. The van der Waals surface area contributed by atoms with E-state index in [0.29, 0.717) is 11.3 Å². The number of sulfonamides is 1. The predicted molar refractivity (Wildman–Crippen MR) is 122 cm³/mol. The molecular formula is C23H23N3O5S. The number of hydrogen-bond donors (Lipinski definition) is 3. The van der Waals surface area contributed by atoms with E-state index in [9.17, 15) is 23.4 Å². The molecule has 0 aliphatic heterocycles. The van der Waals surface area contributed by atoms with E-state index in [2.05, 4.69) is 10.5 Å². The molecule has 0 bridgehead atoms. The molecular weight excluding hydrogens is 430 g/mol. The maximum absolute atomic E-state index is 13.3. The molecule has 0 heterocycles. The van der Waals surface area contributed by atoms with Gasteiger partial charge in [0.15, 0.2) is 0 Å². The molecule has 3 N–H and O–H groups in total. The SMILES string of the molecule is C/C(=N\NC(=O)CN(c1ccccc1C)S(=O)(=O)c1ccccc1)c1cc(O)ccc1O. The lowest BCUT2D eigenvalue weighted by Gasteiger charge is -2.25. The van der Waals surface area contributed by atoms with E-state index in [1.807, 2.05) is 0 Å². The van der Waals surface area contributed by atoms with Crippen LogP contribution in [0.25, 0.3) is 0 Å². The highest BCUT2D eigenvalue weighted by Crippen LogP contribution is 2.26. The number of nitrogens with one attached hydrogen (secondary N) is 1. The fourth-order valence-electron chi connectivity index (χ4n) is 3.05. The third kappa shape index (κ3) is 5.06. The Morgan fingerprint density at radius 3 is 2.34 bits per heavy atom. The van der Waals surface area contributed by atoms with Gasteiger partial charge in [0.05, 0.1) is 16.3 Å². The Morgan fingerprint density at radius 1 is 1.00 bits per heavy atom. The van der Waals surface area contributed by atoms with Gasteiger partial charge in [-0.3, -0.25) is 9.10 Å². The molecule has 8 nitrogen and oxygen atoms in total. The first-order chi connectivity index (χ1) is 15.2. The minimum atomic E-state index is -4.02. The highest BCUT2D eigenvalue weighted by Gasteiger charge is 2.28. The van der Waals surface area contributed by atoms with Gasteiger partial charge in [-0.1, -0.05) is 36.4 Å². The zero-order valence-corrected chi connectivity index (χ0v) is 18.4. The topological polar surface area (TPSA) is 119 Å². The average Bonchev–Trinajstić information content (AvgIpc) is 2.78. The van der Waals surface area contributed by atoms with Gasteiger partial charge in [0.1, 0.15) is 18.0 Å². The van der Waals surface area contributed by atoms with Crippen LogP contribution in [0.15, 0.2) is 82.8 Å². The fraction of sp³-hybridized carbons (Fsp3) is 0.130. The number of phenolic OH excluding ortho intramolecular Hbond substituents is 2. The molecule has 0 aromatic heterocycles. The molecule has 0 atom stereocenters. The number of aryl methyl sites for hydroxylation is 1. The monoisotopic (exact) mass is 453 g/mol. The van der Waals surface area contributed by atoms with Crippen molar-refractivity contribution in [3.05, 3.63) is 83.9 Å². The molecule has 0 aliphatic rings. The van der Waals surface area contributed by atoms with Crippen molar-refractivity contribution in [2.24, 2.45) is 5.10 Å². The van der Waals surface area contributed by atoms with Crippen LogP contribution in [-0.4, -0.2) is 36.8 Å². The number of anilines is 1. The van der Waals surface area contributed by atoms with Crippen LogP contribution in [0.1, 0.15) is 18.1 Å². The number of amides is 1. The predicted octanol–water partition coefficient (Wildman–Crippen LogP) is 3.14. The van der Waals surface area contributed by atoms with Gasteiger partial charge in [0, 0.05) is 5.56 Å². The van der Waals surface area contributed by atoms with Gasteiger partial charge in [-0.2, -0.15) is 5.10 Å². The Labute approximate surface area is 186 Å². The lowest BCUT2D eigenvalue weighted by molar-refractivity contribution is -0.119. The smallest absolute Gasteiger partial charge is 0.264 e. The van der Waals surface area contributed by atoms with E-state index in [4.69, 9.17) is 0 Å². The number of rotatable bonds is 7. The number of phenols is 2. The Balaban J connectivity index is 1.89. The van der Waals surface area contributed by atoms with Gasteiger partial charge in [-0.15, -0.1) is 0 Å². The van der Waals surface area contributed by atoms with E-state index in [-0.39, 0.29) is 27.7 Å². The molecule has 9 heteroatoms. The van der Waals surface area contributed by atoms with Crippen LogP contribution in [0.2, 0.25) is 0 Å². The molecule has 3 aromatic rings. The summed E-state index contributed by atoms with van der Waals surface area (Å²) in [5.74, 6) is -0.864. The lowest BCUT2D eigenvalue weighted by Crippen LogP contribution is -2.40. The van der Waals surface area contributed by atoms with Crippen LogP contribution in [0.4, 0.5) is 5.69 Å². The molecule has 0 saturated heterocycles. The van der Waals surface area contributed by atoms with Gasteiger partial charge in [0.25, 0.3) is 15.9 Å². The van der Waals surface area contributed by atoms with E-state index < -0.39 is 22.5 Å². The van der Waals surface area contributed by atoms with Gasteiger partial charge < -0.3 is 10.2 Å². The number of hydrazone groups is 1. The number of benzene rings is 3. The molecule has 3 aromatic carbocycles. The molecule has 166 valence electrons. The molecule has 1 amide bonds. The second-order valence-electron chi connectivity index (χ2n) is 7.04. The maximum Gasteiger partial charge on any atom is 0.264 e. The van der Waals surface area contributed by atoms with Crippen molar-refractivity contribution < 1.29 is 23.4 Å². The summed E-state index contributed by atoms with van der Waals surface area (Å²) in [6, 6.07) is 18.6. The number of carbonyl (C=O) groups excluding carboxylic acids is 1. The highest BCUT2D eigenvalue weighted by atomic mass is 32.2. The zero-order chi connectivity index (χ0) is 23.3. The van der Waals surface area contributed by atoms with Crippen LogP contribution in [0, 0.1) is 6.92 Å². The summed E-state index contributed by atoms with van der Waals surface area (Å²) in [4.78, 5) is 12.7. The number of carbonyl (C=O) groups is 1. The Kier molecular flexibility index (Phi) is 6.79. The van der Waals surface area contributed by atoms with Gasteiger partial charge in [0.2, 0.25) is 0 Å². The van der Waals surface area contributed by atoms with Crippen molar-refractivity contribution in [2.45, 2.75) is 18.7 Å². The van der Waals surface area contributed by atoms with Crippen molar-refractivity contribution in [3.63, 3.8) is 0 Å². The van der Waals surface area contributed by atoms with Crippen LogP contribution >= 0.6 is 0 Å². The summed E-state index contributed by atoms with van der Waals surface area (Å²) in [6.07, 6.45) is 0. The van der Waals surface area contributed by atoms with E-state index >= 15 is 0 Å². The number of nitrogens with zero attached hydrogens (tertiary/aromatic N) is 2. The van der Waals surface area contributed by atoms with Gasteiger partial charge >= 0.3 is 0 Å². The Bertz CT molecular complexity index is 1260.